The molecule has 0 spiro atoms. The fourth-order valence-electron chi connectivity index (χ4n) is 24.1. The average molecular weight is 1710 g/mol. The molecule has 3 nitrogen and oxygen atoms in total. The van der Waals surface area contributed by atoms with Crippen molar-refractivity contribution in [2.45, 2.75) is 97.8 Å². The van der Waals surface area contributed by atoms with Gasteiger partial charge in [-0.3, -0.25) is 9.97 Å². The molecule has 19 aromatic carbocycles. The first-order valence-corrected chi connectivity index (χ1v) is 47.0. The van der Waals surface area contributed by atoms with Crippen LogP contribution in [0.25, 0.3) is 210 Å². The van der Waals surface area contributed by atoms with E-state index in [0.717, 1.165) is 28.1 Å². The van der Waals surface area contributed by atoms with Crippen LogP contribution in [0.1, 0.15) is 122 Å². The van der Waals surface area contributed by atoms with Crippen molar-refractivity contribution in [3.63, 3.8) is 0 Å². The standard InChI is InChI=1S/C46H34N2.C43H33N.C41H34/c1-29-21-22-35-38(25-29)44(37-16-12-18-40-45(37)36-15-6-7-17-39(36)46(40,2)3)34-14-5-4-13-33(34)43(35)32-27-30(41-19-8-10-23-47-41)26-31(28-32)42-20-9-11-24-48-42;1-26-20-22-31-35(24-26)41(33-16-11-18-37-42(33)32-15-7-9-17-36(32)43(37,2)3)30-14-6-5-13-29(30)40(31)27-21-23-39-34(25-27)28-12-8-10-19-38(28)44(39)4;1-25-21-22-29-32(23-25)37(31-17-12-20-35-39(31)30-16-9-11-19-34(30)41(35,4)5)27-14-7-8-15-28(27)38(29)36-24-26-13-6-10-18-33(26)40(36,2)3/h4-28H,1-3H3;5-25H,1-4H3;6-24H,1-5H3. The molecule has 0 N–H and O–H groups in total. The van der Waals surface area contributed by atoms with Crippen LogP contribution in [0.4, 0.5) is 0 Å². The molecule has 4 aliphatic carbocycles. The molecule has 0 unspecified atom stereocenters. The third-order valence-electron chi connectivity index (χ3n) is 30.4. The minimum absolute atomic E-state index is 0.0339. The fraction of sp³-hybridized carbons (Fsp3) is 0.123. The average Bonchev–Trinajstić information content (AvgIpc) is 1.73. The molecule has 3 aromatic heterocycles. The van der Waals surface area contributed by atoms with Gasteiger partial charge in [0.1, 0.15) is 0 Å². The van der Waals surface area contributed by atoms with Gasteiger partial charge in [-0.05, 0) is 297 Å². The Morgan fingerprint density at radius 3 is 0.947 bits per heavy atom. The molecule has 133 heavy (non-hydrogen) atoms. The van der Waals surface area contributed by atoms with E-state index in [9.17, 15) is 0 Å². The number of para-hydroxylation sites is 1. The minimum atomic E-state index is -0.0876. The van der Waals surface area contributed by atoms with E-state index in [1.807, 2.05) is 24.5 Å². The molecule has 26 rings (SSSR count). The van der Waals surface area contributed by atoms with Crippen molar-refractivity contribution in [2.24, 2.45) is 7.05 Å². The van der Waals surface area contributed by atoms with Gasteiger partial charge in [0.15, 0.2) is 0 Å². The van der Waals surface area contributed by atoms with Crippen LogP contribution in [0.5, 0.6) is 0 Å². The van der Waals surface area contributed by atoms with Gasteiger partial charge in [0.05, 0.1) is 11.4 Å². The highest BCUT2D eigenvalue weighted by Crippen LogP contribution is 2.61. The topological polar surface area (TPSA) is 30.7 Å². The van der Waals surface area contributed by atoms with E-state index in [2.05, 4.69) is 458 Å². The smallest absolute Gasteiger partial charge is 0.0702 e. The van der Waals surface area contributed by atoms with Gasteiger partial charge in [0.2, 0.25) is 0 Å². The van der Waals surface area contributed by atoms with Crippen molar-refractivity contribution >= 4 is 98.1 Å². The predicted octanol–water partition coefficient (Wildman–Crippen LogP) is 34.8. The summed E-state index contributed by atoms with van der Waals surface area (Å²) in [7, 11) is 2.17. The van der Waals surface area contributed by atoms with Gasteiger partial charge in [0, 0.05) is 74.0 Å². The first-order chi connectivity index (χ1) is 64.7. The van der Waals surface area contributed by atoms with Crippen molar-refractivity contribution in [3.8, 4) is 112 Å². The Morgan fingerprint density at radius 1 is 0.203 bits per heavy atom. The monoisotopic (exact) mass is 1700 g/mol. The normalized spacial score (nSPS) is 14.2. The summed E-state index contributed by atoms with van der Waals surface area (Å²) in [4.78, 5) is 9.50. The van der Waals surface area contributed by atoms with Crippen LogP contribution < -0.4 is 0 Å². The summed E-state index contributed by atoms with van der Waals surface area (Å²) in [5.41, 5.74) is 45.1. The maximum atomic E-state index is 4.75. The van der Waals surface area contributed by atoms with Crippen molar-refractivity contribution in [1.82, 2.24) is 14.5 Å². The summed E-state index contributed by atoms with van der Waals surface area (Å²) < 4.78 is 2.31. The molecule has 0 saturated carbocycles. The second-order valence-electron chi connectivity index (χ2n) is 39.5. The van der Waals surface area contributed by atoms with Crippen LogP contribution in [0.15, 0.2) is 389 Å². The molecule has 0 saturated heterocycles. The van der Waals surface area contributed by atoms with E-state index in [1.54, 1.807) is 0 Å². The maximum absolute atomic E-state index is 4.75. The molecule has 636 valence electrons. The molecule has 0 bridgehead atoms. The summed E-state index contributed by atoms with van der Waals surface area (Å²) in [6.45, 7) is 25.6. The maximum Gasteiger partial charge on any atom is 0.0702 e. The summed E-state index contributed by atoms with van der Waals surface area (Å²) in [5.74, 6) is 0. The highest BCUT2D eigenvalue weighted by Gasteiger charge is 2.42. The van der Waals surface area contributed by atoms with Gasteiger partial charge in [-0.2, -0.15) is 0 Å². The zero-order valence-corrected chi connectivity index (χ0v) is 77.4. The minimum Gasteiger partial charge on any atom is -0.344 e. The molecular formula is C130H101N3. The van der Waals surface area contributed by atoms with E-state index in [4.69, 9.17) is 9.97 Å². The molecule has 0 radical (unpaired) electrons. The van der Waals surface area contributed by atoms with Crippen LogP contribution in [0.2, 0.25) is 0 Å². The number of rotatable bonds is 8. The largest absolute Gasteiger partial charge is 0.344 e. The molecule has 0 fully saturated rings. The summed E-state index contributed by atoms with van der Waals surface area (Å²) in [6.07, 6.45) is 6.17. The van der Waals surface area contributed by atoms with E-state index in [-0.39, 0.29) is 21.7 Å². The van der Waals surface area contributed by atoms with Gasteiger partial charge in [-0.15, -0.1) is 0 Å². The summed E-state index contributed by atoms with van der Waals surface area (Å²) in [5, 5.41) is 18.1. The highest BCUT2D eigenvalue weighted by atomic mass is 14.9. The predicted molar refractivity (Wildman–Crippen MR) is 566 cm³/mol. The number of benzene rings is 19. The second kappa shape index (κ2) is 30.6. The van der Waals surface area contributed by atoms with Gasteiger partial charge in [-0.25, -0.2) is 0 Å². The fourth-order valence-corrected chi connectivity index (χ4v) is 24.1. The van der Waals surface area contributed by atoms with Crippen LogP contribution in [0.3, 0.4) is 0 Å². The molecule has 3 heteroatoms. The first-order valence-electron chi connectivity index (χ1n) is 47.0. The Balaban J connectivity index is 0.000000110. The number of hydrogen-bond donors (Lipinski definition) is 0. The van der Waals surface area contributed by atoms with Crippen LogP contribution in [0, 0.1) is 20.8 Å². The van der Waals surface area contributed by atoms with Crippen LogP contribution >= 0.6 is 0 Å². The number of pyridine rings is 2. The van der Waals surface area contributed by atoms with E-state index >= 15 is 0 Å². The lowest BCUT2D eigenvalue weighted by atomic mass is 9.75. The molecule has 4 aliphatic rings. The molecule has 22 aromatic rings. The SMILES string of the molecule is Cc1ccc2c(-c3cc(-c4ccccn4)cc(-c4ccccn4)c3)c3ccccc3c(-c3cccc4c3-c3ccccc3C4(C)C)c2c1.Cc1ccc2c(-c3ccc4c(c3)c3ccccc3n4C)c3ccccc3c(-c3cccc4c3-c3ccccc3C4(C)C)c2c1.Cc1ccc2c(C3=Cc4ccccc4C3(C)C)c3ccccc3c(-c3cccc4c3-c3ccccc3C4(C)C)c2c1. The van der Waals surface area contributed by atoms with Crippen LogP contribution in [-0.4, -0.2) is 14.5 Å². The Bertz CT molecular complexity index is 8660. The van der Waals surface area contributed by atoms with E-state index in [0.29, 0.717) is 0 Å². The lowest BCUT2D eigenvalue weighted by Gasteiger charge is -2.28. The highest BCUT2D eigenvalue weighted by molar-refractivity contribution is 6.27. The lowest BCUT2D eigenvalue weighted by molar-refractivity contribution is 0.660. The summed E-state index contributed by atoms with van der Waals surface area (Å²) in [6, 6.07) is 140. The third-order valence-corrected chi connectivity index (χ3v) is 30.4. The molecule has 0 aliphatic heterocycles. The number of aromatic nitrogens is 3. The number of aryl methyl sites for hydroxylation is 4. The Kier molecular flexibility index (Phi) is 18.6. The van der Waals surface area contributed by atoms with Gasteiger partial charge < -0.3 is 4.57 Å². The zero-order chi connectivity index (χ0) is 90.2. The van der Waals surface area contributed by atoms with Crippen molar-refractivity contribution < 1.29 is 0 Å². The Labute approximate surface area is 778 Å². The second-order valence-corrected chi connectivity index (χ2v) is 39.5. The zero-order valence-electron chi connectivity index (χ0n) is 77.4. The number of hydrogen-bond acceptors (Lipinski definition) is 2. The number of nitrogens with zero attached hydrogens (tertiary/aromatic N) is 3. The molecule has 0 amide bonds. The molecular weight excluding hydrogens is 1600 g/mol. The third kappa shape index (κ3) is 12.5. The van der Waals surface area contributed by atoms with Crippen molar-refractivity contribution in [2.75, 3.05) is 0 Å². The quantitative estimate of drug-likeness (QED) is 0.142. The van der Waals surface area contributed by atoms with Gasteiger partial charge in [-0.1, -0.05) is 388 Å². The van der Waals surface area contributed by atoms with E-state index < -0.39 is 0 Å². The van der Waals surface area contributed by atoms with Crippen LogP contribution in [-0.2, 0) is 28.7 Å². The molecule has 3 heterocycles. The van der Waals surface area contributed by atoms with Crippen molar-refractivity contribution in [1.29, 1.82) is 0 Å². The van der Waals surface area contributed by atoms with E-state index in [1.165, 1.54) is 242 Å². The lowest BCUT2D eigenvalue weighted by Crippen LogP contribution is -2.17. The van der Waals surface area contributed by atoms with Crippen molar-refractivity contribution in [3.05, 3.63) is 455 Å². The Morgan fingerprint density at radius 2 is 0.526 bits per heavy atom. The number of fused-ring (bicyclic) bond motifs is 19. The summed E-state index contributed by atoms with van der Waals surface area (Å²) >= 11 is 0. The Hall–Kier alpha value is -15.4. The van der Waals surface area contributed by atoms with Gasteiger partial charge >= 0.3 is 0 Å². The first kappa shape index (κ1) is 80.9. The molecule has 0 atom stereocenters. The number of allylic oxidation sites excluding steroid dienone is 1. The van der Waals surface area contributed by atoms with Gasteiger partial charge in [0.25, 0.3) is 0 Å².